The van der Waals surface area contributed by atoms with Crippen LogP contribution in [0.1, 0.15) is 46.0 Å². The third-order valence-corrected chi connectivity index (χ3v) is 6.02. The zero-order valence-electron chi connectivity index (χ0n) is 14.8. The highest BCUT2D eigenvalue weighted by Gasteiger charge is 2.38. The van der Waals surface area contributed by atoms with Gasteiger partial charge in [-0.25, -0.2) is 0 Å². The summed E-state index contributed by atoms with van der Waals surface area (Å²) in [6.07, 6.45) is 5.76. The Labute approximate surface area is 140 Å². The van der Waals surface area contributed by atoms with Crippen molar-refractivity contribution in [3.05, 3.63) is 0 Å². The van der Waals surface area contributed by atoms with Crippen LogP contribution in [0.3, 0.4) is 0 Å². The van der Waals surface area contributed by atoms with Crippen molar-refractivity contribution in [1.82, 2.24) is 15.1 Å². The molecule has 0 radical (unpaired) electrons. The van der Waals surface area contributed by atoms with Crippen molar-refractivity contribution in [3.8, 4) is 0 Å². The number of amides is 1. The van der Waals surface area contributed by atoms with E-state index < -0.39 is 0 Å². The molecule has 3 aliphatic heterocycles. The average molecular weight is 323 g/mol. The fourth-order valence-electron chi connectivity index (χ4n) is 4.58. The third kappa shape index (κ3) is 3.89. The van der Waals surface area contributed by atoms with Gasteiger partial charge in [-0.05, 0) is 25.2 Å². The van der Waals surface area contributed by atoms with Crippen molar-refractivity contribution in [2.24, 2.45) is 5.92 Å². The Bertz CT molecular complexity index is 394. The molecule has 3 unspecified atom stereocenters. The highest BCUT2D eigenvalue weighted by molar-refractivity contribution is 5.82. The first-order valence-corrected chi connectivity index (χ1v) is 9.59. The van der Waals surface area contributed by atoms with Gasteiger partial charge in [-0.2, -0.15) is 0 Å². The van der Waals surface area contributed by atoms with Gasteiger partial charge < -0.3 is 15.0 Å². The summed E-state index contributed by atoms with van der Waals surface area (Å²) in [5.74, 6) is 0.823. The minimum atomic E-state index is 0.0468. The molecule has 0 saturated carbocycles. The number of likely N-dealkylation sites (tertiary alicyclic amines) is 1. The maximum atomic E-state index is 13.4. The molecule has 0 aromatic carbocycles. The Kier molecular flexibility index (Phi) is 5.94. The predicted octanol–water partition coefficient (Wildman–Crippen LogP) is 1.48. The number of nitrogens with zero attached hydrogens (tertiary/aromatic N) is 2. The molecule has 1 amide bonds. The first kappa shape index (κ1) is 17.2. The molecule has 5 nitrogen and oxygen atoms in total. The van der Waals surface area contributed by atoms with Crippen LogP contribution >= 0.6 is 0 Å². The molecule has 3 heterocycles. The van der Waals surface area contributed by atoms with Gasteiger partial charge >= 0.3 is 0 Å². The second-order valence-electron chi connectivity index (χ2n) is 7.38. The molecule has 3 rings (SSSR count). The summed E-state index contributed by atoms with van der Waals surface area (Å²) in [7, 11) is 0. The summed E-state index contributed by atoms with van der Waals surface area (Å²) in [5, 5.41) is 3.69. The van der Waals surface area contributed by atoms with Gasteiger partial charge in [0.2, 0.25) is 5.91 Å². The summed E-state index contributed by atoms with van der Waals surface area (Å²) in [6, 6.07) is 1.19. The molecule has 132 valence electrons. The molecule has 0 aromatic rings. The Balaban J connectivity index is 1.73. The lowest BCUT2D eigenvalue weighted by atomic mass is 9.91. The van der Waals surface area contributed by atoms with Gasteiger partial charge in [0.05, 0.1) is 19.3 Å². The van der Waals surface area contributed by atoms with E-state index in [1.165, 1.54) is 12.8 Å². The molecule has 0 aliphatic carbocycles. The molecule has 3 fully saturated rings. The molecular weight excluding hydrogens is 290 g/mol. The summed E-state index contributed by atoms with van der Waals surface area (Å²) >= 11 is 0. The van der Waals surface area contributed by atoms with Crippen LogP contribution < -0.4 is 5.32 Å². The molecule has 0 aromatic heterocycles. The van der Waals surface area contributed by atoms with Crippen molar-refractivity contribution >= 4 is 5.91 Å². The van der Waals surface area contributed by atoms with E-state index >= 15 is 0 Å². The van der Waals surface area contributed by atoms with E-state index in [1.54, 1.807) is 0 Å². The fraction of sp³-hybridized carbons (Fsp3) is 0.944. The van der Waals surface area contributed by atoms with Crippen LogP contribution in [-0.2, 0) is 9.53 Å². The first-order chi connectivity index (χ1) is 11.2. The fourth-order valence-corrected chi connectivity index (χ4v) is 4.58. The molecule has 3 saturated heterocycles. The highest BCUT2D eigenvalue weighted by atomic mass is 16.5. The van der Waals surface area contributed by atoms with E-state index in [0.717, 1.165) is 58.7 Å². The number of nitrogens with one attached hydrogen (secondary N) is 1. The quantitative estimate of drug-likeness (QED) is 0.832. The normalized spacial score (nSPS) is 30.5. The van der Waals surface area contributed by atoms with E-state index in [2.05, 4.69) is 29.0 Å². The summed E-state index contributed by atoms with van der Waals surface area (Å²) in [4.78, 5) is 18.0. The van der Waals surface area contributed by atoms with Crippen LogP contribution in [0.4, 0.5) is 0 Å². The minimum Gasteiger partial charge on any atom is -0.379 e. The zero-order chi connectivity index (χ0) is 16.2. The number of carbonyl (C=O) groups excluding carboxylic acids is 1. The van der Waals surface area contributed by atoms with E-state index in [9.17, 15) is 4.79 Å². The topological polar surface area (TPSA) is 44.8 Å². The lowest BCUT2D eigenvalue weighted by Gasteiger charge is -2.40. The molecule has 5 heteroatoms. The van der Waals surface area contributed by atoms with Crippen LogP contribution in [0.5, 0.6) is 0 Å². The summed E-state index contributed by atoms with van der Waals surface area (Å²) < 4.78 is 5.51. The number of carbonyl (C=O) groups is 1. The van der Waals surface area contributed by atoms with Crippen LogP contribution in [0.25, 0.3) is 0 Å². The number of hydrogen-bond donors (Lipinski definition) is 1. The zero-order valence-corrected chi connectivity index (χ0v) is 14.8. The van der Waals surface area contributed by atoms with Gasteiger partial charge in [0, 0.05) is 38.3 Å². The second-order valence-corrected chi connectivity index (χ2v) is 7.38. The molecule has 3 aliphatic rings. The van der Waals surface area contributed by atoms with Crippen LogP contribution in [-0.4, -0.2) is 73.2 Å². The van der Waals surface area contributed by atoms with Crippen LogP contribution in [0.2, 0.25) is 0 Å². The number of morpholine rings is 1. The maximum absolute atomic E-state index is 13.4. The highest BCUT2D eigenvalue weighted by Crippen LogP contribution is 2.25. The maximum Gasteiger partial charge on any atom is 0.240 e. The SMILES string of the molecule is CCC(CC)C(C(=O)N1CCC2CCC(C1)N2)N1CCOCC1. The van der Waals surface area contributed by atoms with Gasteiger partial charge in [0.15, 0.2) is 0 Å². The van der Waals surface area contributed by atoms with E-state index in [4.69, 9.17) is 4.74 Å². The van der Waals surface area contributed by atoms with Crippen molar-refractivity contribution < 1.29 is 9.53 Å². The summed E-state index contributed by atoms with van der Waals surface area (Å²) in [5.41, 5.74) is 0. The Morgan fingerprint density at radius 2 is 1.78 bits per heavy atom. The molecule has 2 bridgehead atoms. The molecular formula is C18H33N3O2. The van der Waals surface area contributed by atoms with Crippen molar-refractivity contribution in [1.29, 1.82) is 0 Å². The Morgan fingerprint density at radius 3 is 2.48 bits per heavy atom. The largest absolute Gasteiger partial charge is 0.379 e. The summed E-state index contributed by atoms with van der Waals surface area (Å²) in [6.45, 7) is 9.58. The Morgan fingerprint density at radius 1 is 1.09 bits per heavy atom. The molecule has 3 atom stereocenters. The lowest BCUT2D eigenvalue weighted by Crippen LogP contribution is -2.56. The standard InChI is InChI=1S/C18H33N3O2/c1-3-14(4-2)17(20-9-11-23-12-10-20)18(22)21-8-7-15-5-6-16(13-21)19-15/h14-17,19H,3-13H2,1-2H3. The lowest BCUT2D eigenvalue weighted by molar-refractivity contribution is -0.141. The van der Waals surface area contributed by atoms with Crippen LogP contribution in [0.15, 0.2) is 0 Å². The number of ether oxygens (including phenoxy) is 1. The smallest absolute Gasteiger partial charge is 0.240 e. The number of rotatable bonds is 5. The van der Waals surface area contributed by atoms with E-state index in [-0.39, 0.29) is 6.04 Å². The van der Waals surface area contributed by atoms with Gasteiger partial charge in [0.1, 0.15) is 0 Å². The second kappa shape index (κ2) is 7.95. The van der Waals surface area contributed by atoms with Crippen LogP contribution in [0, 0.1) is 5.92 Å². The molecule has 23 heavy (non-hydrogen) atoms. The van der Waals surface area contributed by atoms with E-state index in [0.29, 0.717) is 23.9 Å². The van der Waals surface area contributed by atoms with Gasteiger partial charge in [-0.3, -0.25) is 9.69 Å². The molecule has 1 N–H and O–H groups in total. The number of hydrogen-bond acceptors (Lipinski definition) is 4. The number of fused-ring (bicyclic) bond motifs is 2. The van der Waals surface area contributed by atoms with Crippen molar-refractivity contribution in [2.45, 2.75) is 64.1 Å². The minimum absolute atomic E-state index is 0.0468. The van der Waals surface area contributed by atoms with Crippen molar-refractivity contribution in [2.75, 3.05) is 39.4 Å². The van der Waals surface area contributed by atoms with E-state index in [1.807, 2.05) is 0 Å². The third-order valence-electron chi connectivity index (χ3n) is 6.02. The monoisotopic (exact) mass is 323 g/mol. The Hall–Kier alpha value is -0.650. The van der Waals surface area contributed by atoms with Gasteiger partial charge in [0.25, 0.3) is 0 Å². The molecule has 0 spiro atoms. The van der Waals surface area contributed by atoms with Gasteiger partial charge in [-0.15, -0.1) is 0 Å². The van der Waals surface area contributed by atoms with Crippen molar-refractivity contribution in [3.63, 3.8) is 0 Å². The predicted molar refractivity (Wildman–Crippen MR) is 91.4 cm³/mol. The first-order valence-electron chi connectivity index (χ1n) is 9.59. The average Bonchev–Trinajstić information content (AvgIpc) is 2.91. The van der Waals surface area contributed by atoms with Gasteiger partial charge in [-0.1, -0.05) is 26.7 Å².